The normalized spacial score (nSPS) is 12.9. The van der Waals surface area contributed by atoms with Gasteiger partial charge < -0.3 is 14.9 Å². The van der Waals surface area contributed by atoms with Crippen molar-refractivity contribution >= 4 is 16.9 Å². The average Bonchev–Trinajstić information content (AvgIpc) is 2.90. The van der Waals surface area contributed by atoms with E-state index in [0.29, 0.717) is 28.6 Å². The van der Waals surface area contributed by atoms with Gasteiger partial charge in [-0.2, -0.15) is 0 Å². The zero-order chi connectivity index (χ0) is 26.5. The Hall–Kier alpha value is -4.11. The molecule has 8 nitrogen and oxygen atoms in total. The first-order valence-electron chi connectivity index (χ1n) is 11.9. The van der Waals surface area contributed by atoms with Crippen molar-refractivity contribution in [1.29, 1.82) is 0 Å². The van der Waals surface area contributed by atoms with Crippen LogP contribution >= 0.6 is 0 Å². The number of carbonyl (C=O) groups is 1. The minimum Gasteiger partial charge on any atom is -0.497 e. The highest BCUT2D eigenvalue weighted by Crippen LogP contribution is 2.23. The quantitative estimate of drug-likeness (QED) is 0.335. The lowest BCUT2D eigenvalue weighted by Gasteiger charge is -2.19. The van der Waals surface area contributed by atoms with Crippen LogP contribution in [0.5, 0.6) is 5.75 Å². The van der Waals surface area contributed by atoms with E-state index in [2.05, 4.69) is 10.3 Å². The van der Waals surface area contributed by atoms with Crippen LogP contribution in [0, 0.1) is 18.7 Å². The third kappa shape index (κ3) is 6.00. The highest BCUT2D eigenvalue weighted by Gasteiger charge is 2.26. The van der Waals surface area contributed by atoms with E-state index in [1.165, 1.54) is 13.2 Å². The van der Waals surface area contributed by atoms with E-state index < -0.39 is 23.6 Å². The summed E-state index contributed by atoms with van der Waals surface area (Å²) in [5.41, 5.74) is 3.15. The Morgan fingerprint density at radius 2 is 1.78 bits per heavy atom. The molecule has 4 rings (SSSR count). The van der Waals surface area contributed by atoms with Crippen molar-refractivity contribution in [2.24, 2.45) is 5.92 Å². The van der Waals surface area contributed by atoms with Crippen LogP contribution in [0.25, 0.3) is 22.0 Å². The van der Waals surface area contributed by atoms with E-state index in [9.17, 15) is 24.2 Å². The number of fused-ring (bicyclic) bond motifs is 1. The fourth-order valence-corrected chi connectivity index (χ4v) is 4.22. The Bertz CT molecular complexity index is 1470. The lowest BCUT2D eigenvalue weighted by atomic mass is 9.93. The van der Waals surface area contributed by atoms with Gasteiger partial charge in [-0.3, -0.25) is 9.59 Å². The number of carboxylic acid groups (broad SMARTS) is 1. The summed E-state index contributed by atoms with van der Waals surface area (Å²) >= 11 is 0. The predicted octanol–water partition coefficient (Wildman–Crippen LogP) is 4.00. The maximum absolute atomic E-state index is 13.9. The molecule has 0 saturated heterocycles. The first-order valence-corrected chi connectivity index (χ1v) is 11.9. The van der Waals surface area contributed by atoms with E-state index in [0.717, 1.165) is 21.4 Å². The topological polar surface area (TPSA) is 115 Å². The summed E-state index contributed by atoms with van der Waals surface area (Å²) in [5.74, 6) is -1.99. The van der Waals surface area contributed by atoms with Gasteiger partial charge >= 0.3 is 5.97 Å². The van der Waals surface area contributed by atoms with Gasteiger partial charge in [-0.1, -0.05) is 41.6 Å². The van der Waals surface area contributed by atoms with Crippen molar-refractivity contribution in [3.05, 3.63) is 88.0 Å². The molecule has 0 aliphatic heterocycles. The van der Waals surface area contributed by atoms with E-state index in [-0.39, 0.29) is 25.2 Å². The first-order chi connectivity index (χ1) is 17.8. The number of nitrogens with zero attached hydrogens (tertiary/aromatic N) is 3. The molecule has 3 aromatic carbocycles. The van der Waals surface area contributed by atoms with Crippen molar-refractivity contribution in [2.45, 2.75) is 38.8 Å². The van der Waals surface area contributed by atoms with Crippen LogP contribution in [-0.2, 0) is 17.8 Å². The molecule has 0 aliphatic rings. The van der Waals surface area contributed by atoms with Gasteiger partial charge in [0.05, 0.1) is 24.5 Å². The maximum Gasteiger partial charge on any atom is 0.309 e. The molecule has 0 unspecified atom stereocenters. The predicted molar refractivity (Wildman–Crippen MR) is 137 cm³/mol. The molecule has 2 atom stereocenters. The zero-order valence-electron chi connectivity index (χ0n) is 20.6. The van der Waals surface area contributed by atoms with Crippen LogP contribution in [0.4, 0.5) is 4.39 Å². The number of aliphatic carboxylic acids is 1. The van der Waals surface area contributed by atoms with Crippen molar-refractivity contribution in [2.75, 3.05) is 7.11 Å². The lowest BCUT2D eigenvalue weighted by Crippen LogP contribution is -2.32. The molecule has 0 amide bonds. The first kappa shape index (κ1) is 26.0. The van der Waals surface area contributed by atoms with E-state index in [4.69, 9.17) is 4.74 Å². The number of rotatable bonds is 10. The van der Waals surface area contributed by atoms with Crippen LogP contribution < -0.4 is 10.3 Å². The Morgan fingerprint density at radius 1 is 1.05 bits per heavy atom. The summed E-state index contributed by atoms with van der Waals surface area (Å²) in [6, 6.07) is 17.5. The molecule has 192 valence electrons. The standard InChI is InChI=1S/C28H28FN3O5/c1-17-3-7-20(15-24(17)29)19-8-4-18(5-9-19)6-12-26(33)22(28(35)36)13-14-32-27(34)23-16-21(37-2)10-11-25(23)30-31-32/h3-5,7-11,15-16,22,26,33H,6,12-14H2,1-2H3,(H,35,36)/t22-,26+/m0/s1. The second-order valence-electron chi connectivity index (χ2n) is 9.00. The number of methoxy groups -OCH3 is 1. The summed E-state index contributed by atoms with van der Waals surface area (Å²) in [6.45, 7) is 1.71. The number of halogens is 1. The van der Waals surface area contributed by atoms with E-state index in [1.54, 1.807) is 31.2 Å². The average molecular weight is 506 g/mol. The van der Waals surface area contributed by atoms with Gasteiger partial charge in [0.25, 0.3) is 5.56 Å². The molecular formula is C28H28FN3O5. The number of carboxylic acids is 1. The molecular weight excluding hydrogens is 477 g/mol. The number of hydrogen-bond acceptors (Lipinski definition) is 6. The van der Waals surface area contributed by atoms with Gasteiger partial charge in [0.2, 0.25) is 0 Å². The molecule has 0 radical (unpaired) electrons. The highest BCUT2D eigenvalue weighted by molar-refractivity contribution is 5.78. The Kier molecular flexibility index (Phi) is 7.93. The number of benzene rings is 3. The molecule has 2 N–H and O–H groups in total. The monoisotopic (exact) mass is 505 g/mol. The lowest BCUT2D eigenvalue weighted by molar-refractivity contribution is -0.146. The molecule has 0 saturated carbocycles. The van der Waals surface area contributed by atoms with Crippen molar-refractivity contribution in [1.82, 2.24) is 15.0 Å². The van der Waals surface area contributed by atoms with Gasteiger partial charge in [0.1, 0.15) is 17.1 Å². The minimum absolute atomic E-state index is 0.00514. The third-order valence-electron chi connectivity index (χ3n) is 6.55. The molecule has 0 aliphatic carbocycles. The number of aryl methyl sites for hydroxylation is 3. The van der Waals surface area contributed by atoms with Gasteiger partial charge in [0.15, 0.2) is 0 Å². The van der Waals surface area contributed by atoms with E-state index >= 15 is 0 Å². The summed E-state index contributed by atoms with van der Waals surface area (Å²) < 4.78 is 20.1. The molecule has 1 aromatic heterocycles. The molecule has 4 aromatic rings. The van der Waals surface area contributed by atoms with Crippen LogP contribution in [0.3, 0.4) is 0 Å². The second kappa shape index (κ2) is 11.3. The number of aromatic nitrogens is 3. The second-order valence-corrected chi connectivity index (χ2v) is 9.00. The molecule has 9 heteroatoms. The Labute approximate surface area is 213 Å². The summed E-state index contributed by atoms with van der Waals surface area (Å²) in [7, 11) is 1.49. The molecule has 37 heavy (non-hydrogen) atoms. The molecule has 0 bridgehead atoms. The smallest absolute Gasteiger partial charge is 0.309 e. The number of hydrogen-bond donors (Lipinski definition) is 2. The summed E-state index contributed by atoms with van der Waals surface area (Å²) in [6.07, 6.45) is -0.417. The van der Waals surface area contributed by atoms with Crippen molar-refractivity contribution < 1.29 is 24.1 Å². The molecule has 1 heterocycles. The van der Waals surface area contributed by atoms with Crippen molar-refractivity contribution in [3.63, 3.8) is 0 Å². The minimum atomic E-state index is -1.15. The van der Waals surface area contributed by atoms with Gasteiger partial charge in [-0.25, -0.2) is 9.07 Å². The Balaban J connectivity index is 1.39. The fraction of sp³-hybridized carbons (Fsp3) is 0.286. The largest absolute Gasteiger partial charge is 0.497 e. The van der Waals surface area contributed by atoms with E-state index in [1.807, 2.05) is 30.3 Å². The number of aliphatic hydroxyl groups excluding tert-OH is 1. The maximum atomic E-state index is 13.9. The Morgan fingerprint density at radius 3 is 2.46 bits per heavy atom. The van der Waals surface area contributed by atoms with Crippen LogP contribution in [0.2, 0.25) is 0 Å². The SMILES string of the molecule is COc1ccc2nnn(CC[C@H](C(=O)O)[C@H](O)CCc3ccc(-c4ccc(C)c(F)c4)cc3)c(=O)c2c1. The molecule has 0 fully saturated rings. The number of aliphatic hydroxyl groups is 1. The highest BCUT2D eigenvalue weighted by atomic mass is 19.1. The van der Waals surface area contributed by atoms with Crippen LogP contribution in [0.1, 0.15) is 24.0 Å². The third-order valence-corrected chi connectivity index (χ3v) is 6.55. The molecule has 0 spiro atoms. The van der Waals surface area contributed by atoms with Crippen LogP contribution in [-0.4, -0.2) is 44.4 Å². The van der Waals surface area contributed by atoms with Crippen molar-refractivity contribution in [3.8, 4) is 16.9 Å². The van der Waals surface area contributed by atoms with Gasteiger partial charge in [-0.05, 0) is 72.7 Å². The zero-order valence-corrected chi connectivity index (χ0v) is 20.6. The summed E-state index contributed by atoms with van der Waals surface area (Å²) in [4.78, 5) is 24.7. The van der Waals surface area contributed by atoms with Gasteiger partial charge in [0, 0.05) is 6.54 Å². The van der Waals surface area contributed by atoms with Gasteiger partial charge in [-0.15, -0.1) is 5.10 Å². The number of ether oxygens (including phenoxy) is 1. The van der Waals surface area contributed by atoms with Crippen LogP contribution in [0.15, 0.2) is 65.5 Å². The fourth-order valence-electron chi connectivity index (χ4n) is 4.22. The summed E-state index contributed by atoms with van der Waals surface area (Å²) in [5, 5.41) is 28.6.